The number of H-pyrrole nitrogens is 1. The molecule has 1 aromatic heterocycles. The number of amides is 1. The zero-order valence-corrected chi connectivity index (χ0v) is 14.7. The molecule has 2 aromatic carbocycles. The second kappa shape index (κ2) is 8.24. The lowest BCUT2D eigenvalue weighted by atomic mass is 10.1. The fourth-order valence-electron chi connectivity index (χ4n) is 2.63. The molecule has 0 spiro atoms. The van der Waals surface area contributed by atoms with Gasteiger partial charge in [-0.05, 0) is 36.2 Å². The summed E-state index contributed by atoms with van der Waals surface area (Å²) < 4.78 is 0. The minimum Gasteiger partial charge on any atom is -0.389 e. The SMILES string of the molecule is N#C/C(=C/NCCc1c[nH]c2ccccc12)C(=O)Nc1cccc(Cl)c1. The Morgan fingerprint density at radius 2 is 2.08 bits per heavy atom. The number of nitrogens with one attached hydrogen (secondary N) is 3. The minimum atomic E-state index is -0.477. The van der Waals surface area contributed by atoms with Crippen LogP contribution in [0.25, 0.3) is 10.9 Å². The first-order chi connectivity index (χ1) is 12.7. The molecule has 1 amide bonds. The van der Waals surface area contributed by atoms with Gasteiger partial charge in [-0.2, -0.15) is 5.26 Å². The topological polar surface area (TPSA) is 80.7 Å². The first-order valence-corrected chi connectivity index (χ1v) is 8.51. The summed E-state index contributed by atoms with van der Waals surface area (Å²) in [5.41, 5.74) is 2.83. The van der Waals surface area contributed by atoms with Gasteiger partial charge in [-0.25, -0.2) is 0 Å². The molecule has 0 radical (unpaired) electrons. The second-order valence-electron chi connectivity index (χ2n) is 5.70. The van der Waals surface area contributed by atoms with E-state index in [1.807, 2.05) is 30.5 Å². The van der Waals surface area contributed by atoms with Crippen LogP contribution in [0.3, 0.4) is 0 Å². The highest BCUT2D eigenvalue weighted by atomic mass is 35.5. The Hall–Kier alpha value is -3.23. The number of fused-ring (bicyclic) bond motifs is 1. The molecule has 26 heavy (non-hydrogen) atoms. The normalized spacial score (nSPS) is 11.2. The molecule has 3 N–H and O–H groups in total. The molecule has 0 aliphatic carbocycles. The molecule has 0 saturated heterocycles. The highest BCUT2D eigenvalue weighted by molar-refractivity contribution is 6.31. The molecule has 3 rings (SSSR count). The van der Waals surface area contributed by atoms with E-state index >= 15 is 0 Å². The molecule has 0 saturated carbocycles. The van der Waals surface area contributed by atoms with Crippen molar-refractivity contribution in [3.63, 3.8) is 0 Å². The van der Waals surface area contributed by atoms with Crippen LogP contribution in [0.4, 0.5) is 5.69 Å². The van der Waals surface area contributed by atoms with Crippen LogP contribution in [0.1, 0.15) is 5.56 Å². The van der Waals surface area contributed by atoms with Gasteiger partial charge >= 0.3 is 0 Å². The molecule has 3 aromatic rings. The standard InChI is InChI=1S/C20H17ClN4O/c21-16-4-3-5-17(10-16)25-20(26)15(11-22)12-23-9-8-14-13-24-19-7-2-1-6-18(14)19/h1-7,10,12-13,23-24H,8-9H2,(H,25,26)/b15-12-. The van der Waals surface area contributed by atoms with E-state index in [1.165, 1.54) is 17.1 Å². The van der Waals surface area contributed by atoms with Crippen molar-refractivity contribution in [1.29, 1.82) is 5.26 Å². The maximum Gasteiger partial charge on any atom is 0.267 e. The molecule has 0 aliphatic heterocycles. The van der Waals surface area contributed by atoms with Crippen LogP contribution in [0.2, 0.25) is 5.02 Å². The van der Waals surface area contributed by atoms with Crippen LogP contribution in [0.5, 0.6) is 0 Å². The molecule has 130 valence electrons. The summed E-state index contributed by atoms with van der Waals surface area (Å²) in [5, 5.41) is 16.6. The van der Waals surface area contributed by atoms with Gasteiger partial charge in [0.2, 0.25) is 0 Å². The summed E-state index contributed by atoms with van der Waals surface area (Å²) in [7, 11) is 0. The van der Waals surface area contributed by atoms with Crippen LogP contribution in [-0.2, 0) is 11.2 Å². The van der Waals surface area contributed by atoms with Crippen LogP contribution in [0.15, 0.2) is 66.5 Å². The number of carbonyl (C=O) groups excluding carboxylic acids is 1. The minimum absolute atomic E-state index is 0.00361. The lowest BCUT2D eigenvalue weighted by molar-refractivity contribution is -0.112. The molecule has 5 nitrogen and oxygen atoms in total. The smallest absolute Gasteiger partial charge is 0.267 e. The van der Waals surface area contributed by atoms with Gasteiger partial charge in [-0.3, -0.25) is 4.79 Å². The number of para-hydroxylation sites is 1. The van der Waals surface area contributed by atoms with Crippen molar-refractivity contribution in [2.24, 2.45) is 0 Å². The number of nitrogens with zero attached hydrogens (tertiary/aromatic N) is 1. The van der Waals surface area contributed by atoms with Crippen molar-refractivity contribution in [2.45, 2.75) is 6.42 Å². The van der Waals surface area contributed by atoms with Crippen LogP contribution < -0.4 is 10.6 Å². The lowest BCUT2D eigenvalue weighted by Crippen LogP contribution is -2.17. The summed E-state index contributed by atoms with van der Waals surface area (Å²) in [5.74, 6) is -0.477. The Kier molecular flexibility index (Phi) is 5.57. The Labute approximate surface area is 156 Å². The number of anilines is 1. The molecule has 1 heterocycles. The van der Waals surface area contributed by atoms with Gasteiger partial charge in [0.1, 0.15) is 11.6 Å². The number of hydrogen-bond acceptors (Lipinski definition) is 3. The van der Waals surface area contributed by atoms with Gasteiger partial charge in [0.25, 0.3) is 5.91 Å². The molecule has 0 bridgehead atoms. The number of rotatable bonds is 6. The highest BCUT2D eigenvalue weighted by Gasteiger charge is 2.09. The van der Waals surface area contributed by atoms with E-state index in [9.17, 15) is 10.1 Å². The fourth-order valence-corrected chi connectivity index (χ4v) is 2.82. The molecular weight excluding hydrogens is 348 g/mol. The van der Waals surface area contributed by atoms with Gasteiger partial charge in [-0.1, -0.05) is 35.9 Å². The number of aromatic nitrogens is 1. The van der Waals surface area contributed by atoms with Crippen molar-refractivity contribution in [1.82, 2.24) is 10.3 Å². The Morgan fingerprint density at radius 1 is 1.23 bits per heavy atom. The van der Waals surface area contributed by atoms with Gasteiger partial charge in [0.15, 0.2) is 0 Å². The third kappa shape index (κ3) is 4.24. The van der Waals surface area contributed by atoms with E-state index in [2.05, 4.69) is 21.7 Å². The summed E-state index contributed by atoms with van der Waals surface area (Å²) in [6.07, 6.45) is 4.19. The maximum absolute atomic E-state index is 12.2. The van der Waals surface area contributed by atoms with Crippen molar-refractivity contribution >= 4 is 34.1 Å². The van der Waals surface area contributed by atoms with Crippen molar-refractivity contribution in [2.75, 3.05) is 11.9 Å². The van der Waals surface area contributed by atoms with Crippen molar-refractivity contribution in [3.05, 3.63) is 77.1 Å². The molecule has 0 atom stereocenters. The predicted octanol–water partition coefficient (Wildman–Crippen LogP) is 4.00. The zero-order valence-electron chi connectivity index (χ0n) is 13.9. The van der Waals surface area contributed by atoms with E-state index in [1.54, 1.807) is 24.3 Å². The number of hydrogen-bond donors (Lipinski definition) is 3. The first-order valence-electron chi connectivity index (χ1n) is 8.13. The highest BCUT2D eigenvalue weighted by Crippen LogP contribution is 2.18. The van der Waals surface area contributed by atoms with E-state index in [0.29, 0.717) is 17.3 Å². The second-order valence-corrected chi connectivity index (χ2v) is 6.13. The van der Waals surface area contributed by atoms with E-state index in [4.69, 9.17) is 11.6 Å². The first kappa shape index (κ1) is 17.6. The third-order valence-corrected chi connectivity index (χ3v) is 4.14. The average molecular weight is 365 g/mol. The van der Waals surface area contributed by atoms with E-state index < -0.39 is 5.91 Å². The Balaban J connectivity index is 1.57. The number of nitriles is 1. The molecule has 0 fully saturated rings. The summed E-state index contributed by atoms with van der Waals surface area (Å²) in [6, 6.07) is 16.8. The average Bonchev–Trinajstić information content (AvgIpc) is 3.05. The summed E-state index contributed by atoms with van der Waals surface area (Å²) in [6.45, 7) is 0.609. The van der Waals surface area contributed by atoms with E-state index in [0.717, 1.165) is 11.9 Å². The van der Waals surface area contributed by atoms with Crippen molar-refractivity contribution < 1.29 is 4.79 Å². The molecular formula is C20H17ClN4O. The predicted molar refractivity (Wildman–Crippen MR) is 104 cm³/mol. The zero-order chi connectivity index (χ0) is 18.4. The molecule has 0 aliphatic rings. The number of carbonyl (C=O) groups is 1. The van der Waals surface area contributed by atoms with Crippen LogP contribution >= 0.6 is 11.6 Å². The third-order valence-electron chi connectivity index (χ3n) is 3.91. The van der Waals surface area contributed by atoms with Gasteiger partial charge in [0, 0.05) is 40.6 Å². The van der Waals surface area contributed by atoms with Gasteiger partial charge < -0.3 is 15.6 Å². The Morgan fingerprint density at radius 3 is 2.88 bits per heavy atom. The van der Waals surface area contributed by atoms with Crippen LogP contribution in [-0.4, -0.2) is 17.4 Å². The van der Waals surface area contributed by atoms with Gasteiger partial charge in [0.05, 0.1) is 0 Å². The molecule has 6 heteroatoms. The number of halogens is 1. The fraction of sp³-hybridized carbons (Fsp3) is 0.100. The largest absolute Gasteiger partial charge is 0.389 e. The quantitative estimate of drug-likeness (QED) is 0.351. The van der Waals surface area contributed by atoms with Gasteiger partial charge in [-0.15, -0.1) is 0 Å². The Bertz CT molecular complexity index is 1000. The monoisotopic (exact) mass is 364 g/mol. The number of aromatic amines is 1. The van der Waals surface area contributed by atoms with Crippen molar-refractivity contribution in [3.8, 4) is 6.07 Å². The maximum atomic E-state index is 12.2. The summed E-state index contributed by atoms with van der Waals surface area (Å²) in [4.78, 5) is 15.4. The number of benzene rings is 2. The van der Waals surface area contributed by atoms with E-state index in [-0.39, 0.29) is 5.57 Å². The summed E-state index contributed by atoms with van der Waals surface area (Å²) >= 11 is 5.89. The lowest BCUT2D eigenvalue weighted by Gasteiger charge is -2.05. The molecule has 0 unspecified atom stereocenters. The van der Waals surface area contributed by atoms with Crippen LogP contribution in [0, 0.1) is 11.3 Å².